The molecule has 4 rings (SSSR count). The van der Waals surface area contributed by atoms with Crippen LogP contribution in [0.4, 0.5) is 0 Å². The molecule has 0 saturated carbocycles. The minimum absolute atomic E-state index is 0.0712. The van der Waals surface area contributed by atoms with E-state index in [1.54, 1.807) is 17.2 Å². The molecule has 6 heteroatoms. The average Bonchev–Trinajstić information content (AvgIpc) is 3.30. The molecule has 0 saturated heterocycles. The topological polar surface area (TPSA) is 48.5 Å². The highest BCUT2D eigenvalue weighted by molar-refractivity contribution is 9.10. The van der Waals surface area contributed by atoms with Crippen LogP contribution < -0.4 is 0 Å². The third-order valence-corrected chi connectivity index (χ3v) is 4.35. The van der Waals surface area contributed by atoms with Gasteiger partial charge in [-0.3, -0.25) is 0 Å². The second kappa shape index (κ2) is 6.41. The Labute approximate surface area is 147 Å². The van der Waals surface area contributed by atoms with Gasteiger partial charge in [-0.05, 0) is 29.8 Å². The number of hydrogen-bond donors (Lipinski definition) is 0. The quantitative estimate of drug-likeness (QED) is 0.540. The Morgan fingerprint density at radius 3 is 2.46 bits per heavy atom. The van der Waals surface area contributed by atoms with E-state index in [0.29, 0.717) is 0 Å². The average molecular weight is 380 g/mol. The molecule has 0 unspecified atom stereocenters. The largest absolute Gasteiger partial charge is 0.324 e. The van der Waals surface area contributed by atoms with Gasteiger partial charge in [-0.2, -0.15) is 0 Å². The molecule has 0 amide bonds. The van der Waals surface area contributed by atoms with Gasteiger partial charge in [0, 0.05) is 16.9 Å². The number of benzene rings is 2. The van der Waals surface area contributed by atoms with Crippen LogP contribution in [-0.2, 0) is 0 Å². The molecule has 5 nitrogen and oxygen atoms in total. The van der Waals surface area contributed by atoms with Gasteiger partial charge >= 0.3 is 0 Å². The number of nitrogens with zero attached hydrogens (tertiary/aromatic N) is 5. The first kappa shape index (κ1) is 14.8. The first-order valence-corrected chi connectivity index (χ1v) is 8.31. The number of aromatic nitrogens is 5. The summed E-state index contributed by atoms with van der Waals surface area (Å²) in [6.07, 6.45) is 7.47. The number of hydrogen-bond acceptors (Lipinski definition) is 3. The van der Waals surface area contributed by atoms with E-state index in [2.05, 4.69) is 43.4 Å². The van der Waals surface area contributed by atoms with E-state index in [4.69, 9.17) is 0 Å². The summed E-state index contributed by atoms with van der Waals surface area (Å²) in [4.78, 5) is 4.18. The summed E-state index contributed by atoms with van der Waals surface area (Å²) in [7, 11) is 0. The van der Waals surface area contributed by atoms with Gasteiger partial charge in [0.05, 0.1) is 18.2 Å². The van der Waals surface area contributed by atoms with Crippen molar-refractivity contribution in [3.8, 4) is 5.69 Å². The van der Waals surface area contributed by atoms with Crippen molar-refractivity contribution in [3.05, 3.63) is 95.2 Å². The Kier molecular flexibility index (Phi) is 3.96. The van der Waals surface area contributed by atoms with E-state index in [-0.39, 0.29) is 6.04 Å². The minimum Gasteiger partial charge on any atom is -0.324 e. The van der Waals surface area contributed by atoms with Gasteiger partial charge in [0.2, 0.25) is 0 Å². The number of rotatable bonds is 4. The van der Waals surface area contributed by atoms with E-state index in [1.807, 2.05) is 59.4 Å². The van der Waals surface area contributed by atoms with Crippen LogP contribution >= 0.6 is 15.9 Å². The van der Waals surface area contributed by atoms with Crippen molar-refractivity contribution < 1.29 is 0 Å². The standard InChI is InChI=1S/C18H14BrN5/c19-15-8-6-14(7-9-15)18(23-11-10-20-13-23)17-12-24(22-21-17)16-4-2-1-3-5-16/h1-13,18H/t18-/m0/s1. The molecule has 0 aliphatic carbocycles. The van der Waals surface area contributed by atoms with Crippen molar-refractivity contribution in [1.29, 1.82) is 0 Å². The Morgan fingerprint density at radius 2 is 1.75 bits per heavy atom. The summed E-state index contributed by atoms with van der Waals surface area (Å²) in [6, 6.07) is 18.1. The first-order chi connectivity index (χ1) is 11.8. The van der Waals surface area contributed by atoms with Crippen molar-refractivity contribution in [1.82, 2.24) is 24.5 Å². The molecule has 0 bridgehead atoms. The van der Waals surface area contributed by atoms with Crippen LogP contribution in [0.3, 0.4) is 0 Å². The predicted molar refractivity (Wildman–Crippen MR) is 95.0 cm³/mol. The maximum absolute atomic E-state index is 4.40. The van der Waals surface area contributed by atoms with Crippen molar-refractivity contribution in [2.45, 2.75) is 6.04 Å². The molecular weight excluding hydrogens is 366 g/mol. The fourth-order valence-electron chi connectivity index (χ4n) is 2.67. The predicted octanol–water partition coefficient (Wildman–Crippen LogP) is 3.86. The third-order valence-electron chi connectivity index (χ3n) is 3.82. The van der Waals surface area contributed by atoms with Crippen LogP contribution in [0.15, 0.2) is 84.0 Å². The van der Waals surface area contributed by atoms with Crippen LogP contribution in [0.1, 0.15) is 17.3 Å². The van der Waals surface area contributed by atoms with E-state index in [0.717, 1.165) is 21.4 Å². The second-order valence-corrected chi connectivity index (χ2v) is 6.30. The van der Waals surface area contributed by atoms with E-state index >= 15 is 0 Å². The van der Waals surface area contributed by atoms with Crippen LogP contribution in [0.2, 0.25) is 0 Å². The van der Waals surface area contributed by atoms with Crippen molar-refractivity contribution in [2.24, 2.45) is 0 Å². The normalized spacial score (nSPS) is 12.2. The molecule has 0 aliphatic rings. The molecule has 0 fully saturated rings. The zero-order chi connectivity index (χ0) is 16.4. The lowest BCUT2D eigenvalue weighted by molar-refractivity contribution is 0.653. The number of halogens is 1. The SMILES string of the molecule is Brc1ccc([C@@H](c2cn(-c3ccccc3)nn2)n2ccnc2)cc1. The third kappa shape index (κ3) is 2.88. The van der Waals surface area contributed by atoms with Gasteiger partial charge in [0.25, 0.3) is 0 Å². The fraction of sp³-hybridized carbons (Fsp3) is 0.0556. The van der Waals surface area contributed by atoms with Crippen molar-refractivity contribution in [2.75, 3.05) is 0 Å². The molecule has 2 heterocycles. The smallest absolute Gasteiger partial charge is 0.111 e. The van der Waals surface area contributed by atoms with E-state index < -0.39 is 0 Å². The van der Waals surface area contributed by atoms with Crippen molar-refractivity contribution >= 4 is 15.9 Å². The molecule has 24 heavy (non-hydrogen) atoms. The number of imidazole rings is 1. The summed E-state index contributed by atoms with van der Waals surface area (Å²) >= 11 is 3.48. The highest BCUT2D eigenvalue weighted by Gasteiger charge is 2.19. The van der Waals surface area contributed by atoms with E-state index in [1.165, 1.54) is 0 Å². The Bertz CT molecular complexity index is 914. The Hall–Kier alpha value is -2.73. The molecule has 4 aromatic rings. The zero-order valence-electron chi connectivity index (χ0n) is 12.7. The van der Waals surface area contributed by atoms with Crippen molar-refractivity contribution in [3.63, 3.8) is 0 Å². The molecular formula is C18H14BrN5. The van der Waals surface area contributed by atoms with Gasteiger partial charge in [0.15, 0.2) is 0 Å². The summed E-state index contributed by atoms with van der Waals surface area (Å²) in [5, 5.41) is 8.68. The molecule has 2 aromatic carbocycles. The highest BCUT2D eigenvalue weighted by Crippen LogP contribution is 2.26. The maximum Gasteiger partial charge on any atom is 0.111 e. The molecule has 0 radical (unpaired) electrons. The lowest BCUT2D eigenvalue weighted by Gasteiger charge is -2.16. The highest BCUT2D eigenvalue weighted by atomic mass is 79.9. The lowest BCUT2D eigenvalue weighted by atomic mass is 10.0. The van der Waals surface area contributed by atoms with Gasteiger partial charge in [-0.25, -0.2) is 9.67 Å². The second-order valence-electron chi connectivity index (χ2n) is 5.39. The first-order valence-electron chi connectivity index (χ1n) is 7.52. The molecule has 0 aliphatic heterocycles. The summed E-state index contributed by atoms with van der Waals surface area (Å²) in [5.74, 6) is 0. The van der Waals surface area contributed by atoms with Crippen LogP contribution in [0, 0.1) is 0 Å². The molecule has 118 valence electrons. The minimum atomic E-state index is -0.0712. The summed E-state index contributed by atoms with van der Waals surface area (Å²) in [5.41, 5.74) is 2.96. The Morgan fingerprint density at radius 1 is 0.958 bits per heavy atom. The van der Waals surface area contributed by atoms with Gasteiger partial charge in [-0.1, -0.05) is 51.5 Å². The zero-order valence-corrected chi connectivity index (χ0v) is 14.3. The molecule has 1 atom stereocenters. The fourth-order valence-corrected chi connectivity index (χ4v) is 2.94. The monoisotopic (exact) mass is 379 g/mol. The van der Waals surface area contributed by atoms with Crippen LogP contribution in [0.25, 0.3) is 5.69 Å². The van der Waals surface area contributed by atoms with Gasteiger partial charge < -0.3 is 4.57 Å². The number of para-hydroxylation sites is 1. The van der Waals surface area contributed by atoms with Crippen LogP contribution in [-0.4, -0.2) is 24.5 Å². The lowest BCUT2D eigenvalue weighted by Crippen LogP contribution is -2.11. The maximum atomic E-state index is 4.40. The summed E-state index contributed by atoms with van der Waals surface area (Å²) in [6.45, 7) is 0. The van der Waals surface area contributed by atoms with Gasteiger partial charge in [0.1, 0.15) is 11.7 Å². The molecule has 0 spiro atoms. The Balaban J connectivity index is 1.77. The molecule has 2 aromatic heterocycles. The van der Waals surface area contributed by atoms with E-state index in [9.17, 15) is 0 Å². The molecule has 0 N–H and O–H groups in total. The van der Waals surface area contributed by atoms with Gasteiger partial charge in [-0.15, -0.1) is 5.10 Å². The summed E-state index contributed by atoms with van der Waals surface area (Å²) < 4.78 is 4.87. The van der Waals surface area contributed by atoms with Crippen LogP contribution in [0.5, 0.6) is 0 Å².